The largest absolute Gasteiger partial charge is 0.455 e. The molecule has 0 aromatic heterocycles. The molecule has 2 aromatic rings. The Morgan fingerprint density at radius 1 is 1.07 bits per heavy atom. The minimum Gasteiger partial charge on any atom is -0.455 e. The van der Waals surface area contributed by atoms with E-state index in [2.05, 4.69) is 37.4 Å². The molecule has 1 aliphatic rings. The van der Waals surface area contributed by atoms with Gasteiger partial charge in [-0.25, -0.2) is 0 Å². The number of hydrogen-bond acceptors (Lipinski definition) is 4. The van der Waals surface area contributed by atoms with E-state index in [9.17, 15) is 9.59 Å². The van der Waals surface area contributed by atoms with E-state index in [4.69, 9.17) is 4.74 Å². The van der Waals surface area contributed by atoms with Gasteiger partial charge in [0, 0.05) is 15.5 Å². The van der Waals surface area contributed by atoms with Crippen LogP contribution in [0.15, 0.2) is 52.3 Å². The Kier molecular flexibility index (Phi) is 6.56. The van der Waals surface area contributed by atoms with Crippen molar-refractivity contribution < 1.29 is 14.3 Å². The number of nitrogens with one attached hydrogen (secondary N) is 1. The SMILES string of the molecule is Cc1ccc(C)c(Sc2ccc(NC(=O)COC(=O)C3CCCC3)cc2)c1. The second kappa shape index (κ2) is 9.09. The molecular formula is C22H25NO3S. The molecule has 0 heterocycles. The van der Waals surface area contributed by atoms with E-state index < -0.39 is 0 Å². The Balaban J connectivity index is 1.50. The van der Waals surface area contributed by atoms with Gasteiger partial charge < -0.3 is 10.1 Å². The first-order valence-corrected chi connectivity index (χ1v) is 10.1. The number of carbonyl (C=O) groups is 2. The molecule has 0 radical (unpaired) electrons. The summed E-state index contributed by atoms with van der Waals surface area (Å²) in [6, 6.07) is 14.1. The van der Waals surface area contributed by atoms with Gasteiger partial charge in [0.25, 0.3) is 5.91 Å². The van der Waals surface area contributed by atoms with Crippen LogP contribution in [-0.4, -0.2) is 18.5 Å². The quantitative estimate of drug-likeness (QED) is 0.703. The molecule has 0 saturated heterocycles. The van der Waals surface area contributed by atoms with Crippen molar-refractivity contribution in [1.29, 1.82) is 0 Å². The third-order valence-corrected chi connectivity index (χ3v) is 5.91. The molecule has 5 heteroatoms. The summed E-state index contributed by atoms with van der Waals surface area (Å²) in [7, 11) is 0. The van der Waals surface area contributed by atoms with E-state index in [0.717, 1.165) is 30.6 Å². The van der Waals surface area contributed by atoms with Crippen molar-refractivity contribution in [3.63, 3.8) is 0 Å². The Labute approximate surface area is 164 Å². The van der Waals surface area contributed by atoms with Gasteiger partial charge in [-0.3, -0.25) is 9.59 Å². The summed E-state index contributed by atoms with van der Waals surface area (Å²) >= 11 is 1.70. The topological polar surface area (TPSA) is 55.4 Å². The zero-order chi connectivity index (χ0) is 19.2. The van der Waals surface area contributed by atoms with Crippen LogP contribution in [0.5, 0.6) is 0 Å². The molecule has 0 aliphatic heterocycles. The second-order valence-corrected chi connectivity index (χ2v) is 8.15. The van der Waals surface area contributed by atoms with Gasteiger partial charge in [0.1, 0.15) is 0 Å². The minimum atomic E-state index is -0.309. The van der Waals surface area contributed by atoms with E-state index in [1.54, 1.807) is 11.8 Å². The van der Waals surface area contributed by atoms with Gasteiger partial charge in [-0.1, -0.05) is 36.7 Å². The summed E-state index contributed by atoms with van der Waals surface area (Å²) in [5.74, 6) is -0.585. The summed E-state index contributed by atoms with van der Waals surface area (Å²) in [6.45, 7) is 3.96. The number of aryl methyl sites for hydroxylation is 2. The average molecular weight is 384 g/mol. The lowest BCUT2D eigenvalue weighted by atomic mass is 10.1. The van der Waals surface area contributed by atoms with Crippen molar-refractivity contribution in [2.24, 2.45) is 5.92 Å². The van der Waals surface area contributed by atoms with Crippen LogP contribution in [0.25, 0.3) is 0 Å². The van der Waals surface area contributed by atoms with Crippen LogP contribution < -0.4 is 5.32 Å². The van der Waals surface area contributed by atoms with Gasteiger partial charge in [0.05, 0.1) is 5.92 Å². The van der Waals surface area contributed by atoms with Gasteiger partial charge in [-0.15, -0.1) is 0 Å². The van der Waals surface area contributed by atoms with Crippen LogP contribution in [0.1, 0.15) is 36.8 Å². The van der Waals surface area contributed by atoms with E-state index in [1.807, 2.05) is 24.3 Å². The highest BCUT2D eigenvalue weighted by molar-refractivity contribution is 7.99. The normalized spacial score (nSPS) is 14.1. The molecule has 2 aromatic carbocycles. The molecule has 27 heavy (non-hydrogen) atoms. The molecule has 4 nitrogen and oxygen atoms in total. The minimum absolute atomic E-state index is 0.0285. The standard InChI is InChI=1S/C22H25NO3S/c1-15-7-8-16(2)20(13-15)27-19-11-9-18(10-12-19)23-21(24)14-26-22(25)17-5-3-4-6-17/h7-13,17H,3-6,14H2,1-2H3,(H,23,24). The van der Waals surface area contributed by atoms with E-state index in [0.29, 0.717) is 5.69 Å². The van der Waals surface area contributed by atoms with Gasteiger partial charge in [-0.05, 0) is 68.1 Å². The molecule has 0 atom stereocenters. The number of anilines is 1. The van der Waals surface area contributed by atoms with Crippen LogP contribution in [-0.2, 0) is 14.3 Å². The average Bonchev–Trinajstić information content (AvgIpc) is 3.19. The van der Waals surface area contributed by atoms with Gasteiger partial charge in [0.15, 0.2) is 6.61 Å². The third kappa shape index (κ3) is 5.60. The molecule has 3 rings (SSSR count). The van der Waals surface area contributed by atoms with Crippen molar-refractivity contribution in [3.05, 3.63) is 53.6 Å². The van der Waals surface area contributed by atoms with Crippen molar-refractivity contribution >= 4 is 29.3 Å². The summed E-state index contributed by atoms with van der Waals surface area (Å²) in [4.78, 5) is 26.2. The predicted octanol–water partition coefficient (Wildman–Crippen LogP) is 5.13. The van der Waals surface area contributed by atoms with Crippen molar-refractivity contribution in [2.75, 3.05) is 11.9 Å². The van der Waals surface area contributed by atoms with Gasteiger partial charge in [-0.2, -0.15) is 0 Å². The second-order valence-electron chi connectivity index (χ2n) is 7.03. The van der Waals surface area contributed by atoms with Crippen LogP contribution >= 0.6 is 11.8 Å². The Morgan fingerprint density at radius 3 is 2.48 bits per heavy atom. The summed E-state index contributed by atoms with van der Waals surface area (Å²) in [5, 5.41) is 2.77. The first-order valence-electron chi connectivity index (χ1n) is 9.33. The van der Waals surface area contributed by atoms with Crippen molar-refractivity contribution in [3.8, 4) is 0 Å². The molecule has 1 aliphatic carbocycles. The fourth-order valence-corrected chi connectivity index (χ4v) is 4.16. The monoisotopic (exact) mass is 383 g/mol. The summed E-state index contributed by atoms with van der Waals surface area (Å²) < 4.78 is 5.13. The Hall–Kier alpha value is -2.27. The number of esters is 1. The maximum absolute atomic E-state index is 12.0. The number of benzene rings is 2. The van der Waals surface area contributed by atoms with Crippen LogP contribution in [0.4, 0.5) is 5.69 Å². The molecule has 1 saturated carbocycles. The summed E-state index contributed by atoms with van der Waals surface area (Å²) in [6.07, 6.45) is 3.89. The molecule has 0 unspecified atom stereocenters. The number of rotatable bonds is 6. The third-order valence-electron chi connectivity index (χ3n) is 4.74. The Bertz CT molecular complexity index is 811. The number of amides is 1. The van der Waals surface area contributed by atoms with Gasteiger partial charge >= 0.3 is 5.97 Å². The van der Waals surface area contributed by atoms with Crippen molar-refractivity contribution in [1.82, 2.24) is 0 Å². The smallest absolute Gasteiger partial charge is 0.309 e. The molecule has 0 spiro atoms. The molecule has 142 valence electrons. The highest BCUT2D eigenvalue weighted by atomic mass is 32.2. The zero-order valence-corrected chi connectivity index (χ0v) is 16.6. The summed E-state index contributed by atoms with van der Waals surface area (Å²) in [5.41, 5.74) is 3.17. The zero-order valence-electron chi connectivity index (χ0n) is 15.8. The lowest BCUT2D eigenvalue weighted by molar-refractivity contribution is -0.151. The molecule has 0 bridgehead atoms. The number of hydrogen-bond donors (Lipinski definition) is 1. The highest BCUT2D eigenvalue weighted by Crippen LogP contribution is 2.31. The molecular weight excluding hydrogens is 358 g/mol. The number of carbonyl (C=O) groups excluding carboxylic acids is 2. The maximum atomic E-state index is 12.0. The fraction of sp³-hybridized carbons (Fsp3) is 0.364. The van der Waals surface area contributed by atoms with E-state index in [1.165, 1.54) is 16.0 Å². The lowest BCUT2D eigenvalue weighted by Crippen LogP contribution is -2.23. The van der Waals surface area contributed by atoms with E-state index >= 15 is 0 Å². The Morgan fingerprint density at radius 2 is 1.78 bits per heavy atom. The first-order chi connectivity index (χ1) is 13.0. The van der Waals surface area contributed by atoms with Crippen LogP contribution in [0, 0.1) is 19.8 Å². The van der Waals surface area contributed by atoms with Crippen LogP contribution in [0.3, 0.4) is 0 Å². The van der Waals surface area contributed by atoms with Gasteiger partial charge in [0.2, 0.25) is 0 Å². The maximum Gasteiger partial charge on any atom is 0.309 e. The van der Waals surface area contributed by atoms with Crippen molar-refractivity contribution in [2.45, 2.75) is 49.3 Å². The predicted molar refractivity (Wildman–Crippen MR) is 108 cm³/mol. The molecule has 1 N–H and O–H groups in total. The highest BCUT2D eigenvalue weighted by Gasteiger charge is 2.24. The molecule has 1 amide bonds. The first kappa shape index (κ1) is 19.5. The fourth-order valence-electron chi connectivity index (χ4n) is 3.16. The molecule has 1 fully saturated rings. The number of ether oxygens (including phenoxy) is 1. The lowest BCUT2D eigenvalue weighted by Gasteiger charge is -2.10. The van der Waals surface area contributed by atoms with E-state index in [-0.39, 0.29) is 24.4 Å². The van der Waals surface area contributed by atoms with Crippen LogP contribution in [0.2, 0.25) is 0 Å².